The Hall–Kier alpha value is -4.56. The van der Waals surface area contributed by atoms with Crippen LogP contribution in [-0.4, -0.2) is 85.4 Å². The predicted molar refractivity (Wildman–Crippen MR) is 125 cm³/mol. The van der Waals surface area contributed by atoms with Crippen LogP contribution < -0.4 is 11.1 Å². The van der Waals surface area contributed by atoms with Crippen molar-refractivity contribution < 1.29 is 24.5 Å². The molecule has 1 aliphatic heterocycles. The minimum atomic E-state index is -1.46. The summed E-state index contributed by atoms with van der Waals surface area (Å²) in [6.45, 7) is 0.0594. The number of nitriles is 1. The van der Waals surface area contributed by atoms with Crippen LogP contribution >= 0.6 is 0 Å². The lowest BCUT2D eigenvalue weighted by Gasteiger charge is -2.16. The summed E-state index contributed by atoms with van der Waals surface area (Å²) < 4.78 is 6.92. The Morgan fingerprint density at radius 1 is 1.25 bits per heavy atom. The van der Waals surface area contributed by atoms with Gasteiger partial charge in [0.05, 0.1) is 24.5 Å². The fraction of sp³-hybridized carbons (Fsp3) is 0.304. The number of nitrogens with one attached hydrogen (secondary N) is 1. The second-order valence-corrected chi connectivity index (χ2v) is 7.95. The Morgan fingerprint density at radius 3 is 2.64 bits per heavy atom. The summed E-state index contributed by atoms with van der Waals surface area (Å²) in [5.41, 5.74) is 7.28. The number of benzene rings is 1. The number of rotatable bonds is 4. The molecule has 4 rings (SSSR count). The topological polar surface area (TPSA) is 193 Å². The number of ether oxygens (including phenoxy) is 1. The first-order valence-corrected chi connectivity index (χ1v) is 10.7. The summed E-state index contributed by atoms with van der Waals surface area (Å²) in [5, 5.41) is 31.9. The van der Waals surface area contributed by atoms with E-state index in [0.717, 1.165) is 0 Å². The first-order chi connectivity index (χ1) is 17.2. The number of aliphatic hydroxyl groups is 2. The van der Waals surface area contributed by atoms with Crippen LogP contribution in [0.4, 0.5) is 5.82 Å². The molecule has 1 aliphatic rings. The maximum atomic E-state index is 12.6. The summed E-state index contributed by atoms with van der Waals surface area (Å²) in [4.78, 5) is 38.5. The molecule has 3 aromatic rings. The number of carbonyl (C=O) groups is 2. The van der Waals surface area contributed by atoms with E-state index in [1.165, 1.54) is 22.8 Å². The normalized spacial score (nSPS) is 20.9. The molecule has 36 heavy (non-hydrogen) atoms. The van der Waals surface area contributed by atoms with Crippen molar-refractivity contribution in [2.24, 2.45) is 0 Å². The van der Waals surface area contributed by atoms with Gasteiger partial charge < -0.3 is 30.9 Å². The molecule has 1 saturated heterocycles. The zero-order valence-corrected chi connectivity index (χ0v) is 19.3. The summed E-state index contributed by atoms with van der Waals surface area (Å²) in [6.07, 6.45) is -4.02. The number of nitrogens with zero attached hydrogens (tertiary/aromatic N) is 6. The third-order valence-electron chi connectivity index (χ3n) is 5.59. The maximum absolute atomic E-state index is 12.6. The van der Waals surface area contributed by atoms with Gasteiger partial charge in [-0.05, 0) is 30.2 Å². The molecule has 0 bridgehead atoms. The highest BCUT2D eigenvalue weighted by molar-refractivity contribution is 5.94. The number of hydrogen-bond donors (Lipinski definition) is 4. The van der Waals surface area contributed by atoms with Gasteiger partial charge in [0, 0.05) is 19.7 Å². The highest BCUT2D eigenvalue weighted by Gasteiger charge is 2.47. The molecule has 0 aliphatic carbocycles. The average molecular weight is 490 g/mol. The predicted octanol–water partition coefficient (Wildman–Crippen LogP) is -1.23. The van der Waals surface area contributed by atoms with Crippen molar-refractivity contribution >= 4 is 28.8 Å². The van der Waals surface area contributed by atoms with Gasteiger partial charge in [-0.1, -0.05) is 5.92 Å². The molecule has 13 heteroatoms. The van der Waals surface area contributed by atoms with Gasteiger partial charge in [0.2, 0.25) is 5.82 Å². The fourth-order valence-corrected chi connectivity index (χ4v) is 3.65. The number of fused-ring (bicyclic) bond motifs is 1. The van der Waals surface area contributed by atoms with Gasteiger partial charge in [-0.25, -0.2) is 15.0 Å². The molecular weight excluding hydrogens is 468 g/mol. The summed E-state index contributed by atoms with van der Waals surface area (Å²) >= 11 is 0. The number of nitrogen functional groups attached to an aromatic ring is 1. The molecule has 3 heterocycles. The van der Waals surface area contributed by atoms with Crippen LogP contribution in [0.3, 0.4) is 0 Å². The molecule has 13 nitrogen and oxygen atoms in total. The van der Waals surface area contributed by atoms with Crippen molar-refractivity contribution in [3.8, 4) is 17.9 Å². The molecule has 1 fully saturated rings. The minimum Gasteiger partial charge on any atom is -0.387 e. The van der Waals surface area contributed by atoms with Crippen LogP contribution in [0.5, 0.6) is 0 Å². The Morgan fingerprint density at radius 2 is 1.97 bits per heavy atom. The quantitative estimate of drug-likeness (QED) is 0.322. The summed E-state index contributed by atoms with van der Waals surface area (Å²) in [7, 11) is 2.97. The first-order valence-electron chi connectivity index (χ1n) is 10.7. The third kappa shape index (κ3) is 4.54. The molecule has 184 valence electrons. The summed E-state index contributed by atoms with van der Waals surface area (Å²) in [6, 6.07) is 8.24. The Balaban J connectivity index is 1.55. The number of anilines is 1. The van der Waals surface area contributed by atoms with Crippen LogP contribution in [0.1, 0.15) is 28.0 Å². The van der Waals surface area contributed by atoms with Crippen molar-refractivity contribution in [3.63, 3.8) is 0 Å². The average Bonchev–Trinajstić information content (AvgIpc) is 3.44. The monoisotopic (exact) mass is 490 g/mol. The van der Waals surface area contributed by atoms with E-state index in [4.69, 9.17) is 15.7 Å². The molecule has 4 atom stereocenters. The zero-order valence-electron chi connectivity index (χ0n) is 19.3. The molecule has 0 spiro atoms. The van der Waals surface area contributed by atoms with Crippen molar-refractivity contribution in [2.75, 3.05) is 26.4 Å². The van der Waals surface area contributed by atoms with E-state index in [1.54, 1.807) is 31.3 Å². The van der Waals surface area contributed by atoms with E-state index < -0.39 is 30.4 Å². The lowest BCUT2D eigenvalue weighted by atomic mass is 10.1. The van der Waals surface area contributed by atoms with E-state index in [9.17, 15) is 19.8 Å². The van der Waals surface area contributed by atoms with Crippen LogP contribution in [0.25, 0.3) is 11.2 Å². The lowest BCUT2D eigenvalue weighted by Crippen LogP contribution is -2.41. The first kappa shape index (κ1) is 24.6. The van der Waals surface area contributed by atoms with Gasteiger partial charge in [-0.2, -0.15) is 5.26 Å². The number of carbonyl (C=O) groups excluding carboxylic acids is 2. The van der Waals surface area contributed by atoms with E-state index in [1.807, 2.05) is 6.07 Å². The highest BCUT2D eigenvalue weighted by atomic mass is 16.6. The van der Waals surface area contributed by atoms with Crippen molar-refractivity contribution in [1.82, 2.24) is 29.7 Å². The number of aromatic nitrogens is 4. The number of aliphatic hydroxyl groups excluding tert-OH is 2. The van der Waals surface area contributed by atoms with Gasteiger partial charge in [-0.3, -0.25) is 14.2 Å². The van der Waals surface area contributed by atoms with Crippen molar-refractivity contribution in [2.45, 2.75) is 24.5 Å². The zero-order chi connectivity index (χ0) is 26.0. The number of amides is 2. The lowest BCUT2D eigenvalue weighted by molar-refractivity contribution is -0.137. The molecule has 2 amide bonds. The van der Waals surface area contributed by atoms with Crippen LogP contribution in [0, 0.1) is 23.2 Å². The van der Waals surface area contributed by atoms with Gasteiger partial charge in [0.1, 0.15) is 17.7 Å². The molecule has 0 saturated carbocycles. The fourth-order valence-electron chi connectivity index (χ4n) is 3.65. The standard InChI is InChI=1S/C23H22N8O5/c1-26-21(34)18-16(32)17(33)23(36-18)31-11-27-15-19(25)28-14(29-20(15)31)4-3-9-30(2)22(35)13-7-5-12(10-24)6-8-13/h5-8,11,16-18,23,32-33H,9H2,1-2H3,(H,26,34)(H2,25,28,29)/t16-,17+,18-,23+/m0/s1. The SMILES string of the molecule is CNC(=O)[C@H]1O[C@@H](n2cnc3c(N)nc(C#CCN(C)C(=O)c4ccc(C#N)cc4)nc32)[C@H](O)[C@@H]1O. The Labute approximate surface area is 205 Å². The van der Waals surface area contributed by atoms with E-state index in [2.05, 4.69) is 32.1 Å². The molecule has 0 radical (unpaired) electrons. The molecular formula is C23H22N8O5. The van der Waals surface area contributed by atoms with Crippen LogP contribution in [0.2, 0.25) is 0 Å². The van der Waals surface area contributed by atoms with Crippen molar-refractivity contribution in [1.29, 1.82) is 5.26 Å². The Kier molecular flexibility index (Phi) is 6.80. The van der Waals surface area contributed by atoms with E-state index >= 15 is 0 Å². The van der Waals surface area contributed by atoms with E-state index in [-0.39, 0.29) is 35.3 Å². The van der Waals surface area contributed by atoms with Gasteiger partial charge in [-0.15, -0.1) is 0 Å². The molecule has 2 aromatic heterocycles. The van der Waals surface area contributed by atoms with Crippen LogP contribution in [-0.2, 0) is 9.53 Å². The van der Waals surface area contributed by atoms with Crippen molar-refractivity contribution in [3.05, 3.63) is 47.5 Å². The highest BCUT2D eigenvalue weighted by Crippen LogP contribution is 2.32. The third-order valence-corrected chi connectivity index (χ3v) is 5.59. The molecule has 0 unspecified atom stereocenters. The van der Waals surface area contributed by atoms with Gasteiger partial charge in [0.15, 0.2) is 23.8 Å². The number of nitrogens with two attached hydrogens (primary N) is 1. The van der Waals surface area contributed by atoms with Gasteiger partial charge in [0.25, 0.3) is 11.8 Å². The summed E-state index contributed by atoms with van der Waals surface area (Å²) in [5.74, 6) is 4.76. The second-order valence-electron chi connectivity index (χ2n) is 7.95. The smallest absolute Gasteiger partial charge is 0.254 e. The van der Waals surface area contributed by atoms with Gasteiger partial charge >= 0.3 is 0 Å². The molecule has 1 aromatic carbocycles. The molecule has 5 N–H and O–H groups in total. The second kappa shape index (κ2) is 9.97. The number of imidazole rings is 1. The van der Waals surface area contributed by atoms with E-state index in [0.29, 0.717) is 11.1 Å². The number of hydrogen-bond acceptors (Lipinski definition) is 10. The van der Waals surface area contributed by atoms with Crippen LogP contribution in [0.15, 0.2) is 30.6 Å². The largest absolute Gasteiger partial charge is 0.387 e. The minimum absolute atomic E-state index is 0.0287. The Bertz CT molecular complexity index is 1420. The number of likely N-dealkylation sites (N-methyl/N-ethyl adjacent to an activating group) is 1. The maximum Gasteiger partial charge on any atom is 0.254 e.